The van der Waals surface area contributed by atoms with Gasteiger partial charge in [-0.05, 0) is 31.2 Å². The Kier molecular flexibility index (Phi) is 5.91. The Labute approximate surface area is 191 Å². The van der Waals surface area contributed by atoms with Crippen molar-refractivity contribution in [3.63, 3.8) is 0 Å². The number of carbonyl (C=O) groups is 1. The number of nitrogens with one attached hydrogen (secondary N) is 2. The average Bonchev–Trinajstić information content (AvgIpc) is 3.48. The predicted octanol–water partition coefficient (Wildman–Crippen LogP) is 5.07. The molecule has 5 aromatic rings. The van der Waals surface area contributed by atoms with E-state index >= 15 is 0 Å². The molecule has 170 valence electrons. The summed E-state index contributed by atoms with van der Waals surface area (Å²) in [6.07, 6.45) is 0.577. The number of hydrogen-bond donors (Lipinski definition) is 3. The Morgan fingerprint density at radius 1 is 1.27 bits per heavy atom. The highest BCUT2D eigenvalue weighted by Crippen LogP contribution is 2.35. The number of aryl methyl sites for hydroxylation is 1. The predicted molar refractivity (Wildman–Crippen MR) is 117 cm³/mol. The van der Waals surface area contributed by atoms with Crippen molar-refractivity contribution in [3.8, 4) is 10.6 Å². The SMILES string of the molecule is Cc1cn2cccc(-c3nnc(Nc4ccc5[nH]ncc5c4Cl)s3)c2n1.O=C(O)C(F)(F)F. The van der Waals surface area contributed by atoms with Crippen molar-refractivity contribution in [2.75, 3.05) is 5.32 Å². The minimum Gasteiger partial charge on any atom is -0.475 e. The molecule has 4 heterocycles. The summed E-state index contributed by atoms with van der Waals surface area (Å²) in [7, 11) is 0. The third-order valence-corrected chi connectivity index (χ3v) is 5.58. The quantitative estimate of drug-likeness (QED) is 0.319. The zero-order valence-corrected chi connectivity index (χ0v) is 18.1. The summed E-state index contributed by atoms with van der Waals surface area (Å²) in [6, 6.07) is 7.79. The van der Waals surface area contributed by atoms with Crippen molar-refractivity contribution in [2.24, 2.45) is 0 Å². The Morgan fingerprint density at radius 3 is 2.76 bits per heavy atom. The van der Waals surface area contributed by atoms with Gasteiger partial charge in [0.25, 0.3) is 0 Å². The van der Waals surface area contributed by atoms with E-state index in [0.717, 1.165) is 38.5 Å². The van der Waals surface area contributed by atoms with Crippen LogP contribution in [0.25, 0.3) is 27.1 Å². The lowest BCUT2D eigenvalue weighted by Crippen LogP contribution is -2.21. The maximum atomic E-state index is 10.6. The van der Waals surface area contributed by atoms with Crippen LogP contribution in [0.15, 0.2) is 42.9 Å². The van der Waals surface area contributed by atoms with Crippen LogP contribution in [0.4, 0.5) is 24.0 Å². The smallest absolute Gasteiger partial charge is 0.475 e. The molecule has 1 aromatic carbocycles. The number of benzene rings is 1. The minimum atomic E-state index is -5.08. The van der Waals surface area contributed by atoms with Crippen LogP contribution < -0.4 is 5.32 Å². The lowest BCUT2D eigenvalue weighted by molar-refractivity contribution is -0.192. The zero-order chi connectivity index (χ0) is 23.8. The molecule has 0 fully saturated rings. The fourth-order valence-electron chi connectivity index (χ4n) is 2.88. The van der Waals surface area contributed by atoms with Crippen LogP contribution >= 0.6 is 22.9 Å². The maximum absolute atomic E-state index is 10.6. The number of imidazole rings is 1. The summed E-state index contributed by atoms with van der Waals surface area (Å²) in [4.78, 5) is 13.5. The summed E-state index contributed by atoms with van der Waals surface area (Å²) in [5.74, 6) is -2.76. The number of nitrogens with zero attached hydrogens (tertiary/aromatic N) is 5. The van der Waals surface area contributed by atoms with Gasteiger partial charge in [-0.25, -0.2) is 9.78 Å². The number of fused-ring (bicyclic) bond motifs is 2. The summed E-state index contributed by atoms with van der Waals surface area (Å²) >= 11 is 7.91. The summed E-state index contributed by atoms with van der Waals surface area (Å²) in [5.41, 5.74) is 4.42. The molecule has 0 aliphatic heterocycles. The highest BCUT2D eigenvalue weighted by Gasteiger charge is 2.38. The number of alkyl halides is 3. The summed E-state index contributed by atoms with van der Waals surface area (Å²) in [5, 5.41) is 28.8. The van der Waals surface area contributed by atoms with E-state index in [2.05, 4.69) is 30.7 Å². The first-order valence-electron chi connectivity index (χ1n) is 9.10. The van der Waals surface area contributed by atoms with Crippen molar-refractivity contribution in [2.45, 2.75) is 13.1 Å². The van der Waals surface area contributed by atoms with Crippen molar-refractivity contribution < 1.29 is 23.1 Å². The topological polar surface area (TPSA) is 121 Å². The van der Waals surface area contributed by atoms with Crippen molar-refractivity contribution in [3.05, 3.63) is 53.6 Å². The van der Waals surface area contributed by atoms with E-state index in [4.69, 9.17) is 21.5 Å². The second kappa shape index (κ2) is 8.67. The number of H-pyrrole nitrogens is 1. The van der Waals surface area contributed by atoms with E-state index in [-0.39, 0.29) is 0 Å². The van der Waals surface area contributed by atoms with Gasteiger partial charge in [-0.15, -0.1) is 10.2 Å². The third kappa shape index (κ3) is 4.73. The molecule has 4 aromatic heterocycles. The Morgan fingerprint density at radius 2 is 2.03 bits per heavy atom. The molecule has 14 heteroatoms. The van der Waals surface area contributed by atoms with Crippen LogP contribution in [0.2, 0.25) is 5.02 Å². The minimum absolute atomic E-state index is 0.596. The van der Waals surface area contributed by atoms with Gasteiger partial charge in [-0.3, -0.25) is 5.10 Å². The number of rotatable bonds is 3. The number of hydrogen-bond acceptors (Lipinski definition) is 7. The van der Waals surface area contributed by atoms with Crippen LogP contribution in [0.3, 0.4) is 0 Å². The van der Waals surface area contributed by atoms with Crippen LogP contribution in [0, 0.1) is 6.92 Å². The molecule has 9 nitrogen and oxygen atoms in total. The lowest BCUT2D eigenvalue weighted by atomic mass is 10.2. The molecule has 0 spiro atoms. The second-order valence-corrected chi connectivity index (χ2v) is 7.99. The molecule has 0 atom stereocenters. The molecule has 0 aliphatic carbocycles. The highest BCUT2D eigenvalue weighted by atomic mass is 35.5. The van der Waals surface area contributed by atoms with Gasteiger partial charge in [0.15, 0.2) is 5.01 Å². The monoisotopic (exact) mass is 495 g/mol. The fraction of sp³-hybridized carbons (Fsp3) is 0.105. The average molecular weight is 496 g/mol. The standard InChI is InChI=1S/C17H12ClN7S.C2HF3O2/c1-9-8-25-6-2-3-10(15(25)20-9)16-23-24-17(26-16)21-13-5-4-12-11(14(13)18)7-19-22-12;3-2(4,5)1(6)7/h2-8H,1H3,(H,19,22)(H,21,24);(H,6,7). The molecule has 0 saturated heterocycles. The number of carboxylic acids is 1. The van der Waals surface area contributed by atoms with Gasteiger partial charge in [0.2, 0.25) is 5.13 Å². The van der Waals surface area contributed by atoms with Crippen LogP contribution in [-0.2, 0) is 4.79 Å². The summed E-state index contributed by atoms with van der Waals surface area (Å²) < 4.78 is 33.7. The van der Waals surface area contributed by atoms with Gasteiger partial charge in [0.1, 0.15) is 5.65 Å². The number of carboxylic acid groups (broad SMARTS) is 1. The summed E-state index contributed by atoms with van der Waals surface area (Å²) in [6.45, 7) is 1.97. The normalized spacial score (nSPS) is 11.4. The van der Waals surface area contributed by atoms with Crippen molar-refractivity contribution >= 4 is 56.3 Å². The van der Waals surface area contributed by atoms with Crippen LogP contribution in [0.1, 0.15) is 5.69 Å². The van der Waals surface area contributed by atoms with Gasteiger partial charge < -0.3 is 14.8 Å². The second-order valence-electron chi connectivity index (χ2n) is 6.63. The molecular formula is C19H13ClF3N7O2S. The van der Waals surface area contributed by atoms with E-state index in [9.17, 15) is 13.2 Å². The molecule has 0 radical (unpaired) electrons. The van der Waals surface area contributed by atoms with Crippen molar-refractivity contribution in [1.82, 2.24) is 29.8 Å². The van der Waals surface area contributed by atoms with Gasteiger partial charge in [0, 0.05) is 17.8 Å². The number of aromatic amines is 1. The van der Waals surface area contributed by atoms with Gasteiger partial charge in [-0.1, -0.05) is 22.9 Å². The Hall–Kier alpha value is -3.71. The first-order chi connectivity index (χ1) is 15.6. The first-order valence-corrected chi connectivity index (χ1v) is 10.3. The molecule has 0 aliphatic rings. The van der Waals surface area contributed by atoms with Crippen LogP contribution in [-0.4, -0.2) is 47.0 Å². The maximum Gasteiger partial charge on any atom is 0.490 e. The van der Waals surface area contributed by atoms with E-state index < -0.39 is 12.1 Å². The molecule has 0 saturated carbocycles. The van der Waals surface area contributed by atoms with Gasteiger partial charge in [0.05, 0.1) is 33.7 Å². The Bertz CT molecular complexity index is 1460. The van der Waals surface area contributed by atoms with Gasteiger partial charge >= 0.3 is 12.1 Å². The van der Waals surface area contributed by atoms with Gasteiger partial charge in [-0.2, -0.15) is 18.3 Å². The number of aliphatic carboxylic acids is 1. The van der Waals surface area contributed by atoms with E-state index in [1.54, 1.807) is 6.20 Å². The molecule has 0 bridgehead atoms. The Balaban J connectivity index is 0.000000325. The number of pyridine rings is 1. The van der Waals surface area contributed by atoms with Crippen LogP contribution in [0.5, 0.6) is 0 Å². The number of halogens is 4. The molecule has 0 unspecified atom stereocenters. The van der Waals surface area contributed by atoms with E-state index in [0.29, 0.717) is 10.2 Å². The largest absolute Gasteiger partial charge is 0.490 e. The third-order valence-electron chi connectivity index (χ3n) is 4.30. The van der Waals surface area contributed by atoms with E-state index in [1.807, 2.05) is 48.0 Å². The van der Waals surface area contributed by atoms with E-state index in [1.165, 1.54) is 11.3 Å². The zero-order valence-electron chi connectivity index (χ0n) is 16.6. The lowest BCUT2D eigenvalue weighted by Gasteiger charge is -2.05. The molecule has 5 rings (SSSR count). The number of aromatic nitrogens is 6. The first kappa shape index (κ1) is 22.5. The molecular weight excluding hydrogens is 483 g/mol. The van der Waals surface area contributed by atoms with Crippen molar-refractivity contribution in [1.29, 1.82) is 0 Å². The fourth-order valence-corrected chi connectivity index (χ4v) is 3.92. The molecule has 3 N–H and O–H groups in total. The molecule has 0 amide bonds. The molecule has 33 heavy (non-hydrogen) atoms. The number of anilines is 2. The highest BCUT2D eigenvalue weighted by molar-refractivity contribution is 7.18.